The first kappa shape index (κ1) is 16.5. The lowest BCUT2D eigenvalue weighted by atomic mass is 10.1. The van der Waals surface area contributed by atoms with E-state index >= 15 is 0 Å². The van der Waals surface area contributed by atoms with Crippen molar-refractivity contribution in [3.8, 4) is 0 Å². The molecular weight excluding hydrogens is 335 g/mol. The van der Waals surface area contributed by atoms with Crippen molar-refractivity contribution >= 4 is 11.6 Å². The maximum Gasteiger partial charge on any atom is 0.275 e. The number of nitrogens with zero attached hydrogens (tertiary/aromatic N) is 3. The molecule has 1 aromatic carbocycles. The topological polar surface area (TPSA) is 70.5 Å². The Morgan fingerprint density at radius 1 is 1.31 bits per heavy atom. The Hall–Kier alpha value is -2.96. The monoisotopic (exact) mass is 354 g/mol. The van der Waals surface area contributed by atoms with Crippen LogP contribution in [0.25, 0.3) is 5.65 Å². The molecule has 1 saturated heterocycles. The zero-order valence-corrected chi connectivity index (χ0v) is 14.6. The van der Waals surface area contributed by atoms with Crippen molar-refractivity contribution in [1.82, 2.24) is 19.5 Å². The minimum atomic E-state index is -0.506. The number of halogens is 1. The van der Waals surface area contributed by atoms with Crippen LogP contribution < -0.4 is 5.56 Å². The maximum atomic E-state index is 13.9. The lowest BCUT2D eigenvalue weighted by Gasteiger charge is -2.16. The summed E-state index contributed by atoms with van der Waals surface area (Å²) in [6.07, 6.45) is 0.750. The van der Waals surface area contributed by atoms with Crippen molar-refractivity contribution in [3.05, 3.63) is 69.0 Å². The molecular formula is C19H19FN4O2. The number of nitrogens with one attached hydrogen (secondary N) is 1. The van der Waals surface area contributed by atoms with Crippen LogP contribution in [0.2, 0.25) is 0 Å². The Kier molecular flexibility index (Phi) is 3.86. The predicted molar refractivity (Wildman–Crippen MR) is 94.9 cm³/mol. The standard InChI is InChI=1S/C19H19FN4O2/c1-11-12(2)21-17-9-16(22-24(17)18(11)25)13-7-8-23(10-13)19(26)14-5-3-4-6-15(14)20/h3-6,9,13,22H,7-8,10H2,1-2H3/t13-/m0/s1. The number of hydrogen-bond acceptors (Lipinski definition) is 3. The third-order valence-electron chi connectivity index (χ3n) is 5.12. The third-order valence-corrected chi connectivity index (χ3v) is 5.12. The highest BCUT2D eigenvalue weighted by molar-refractivity contribution is 5.94. The van der Waals surface area contributed by atoms with Gasteiger partial charge in [0.15, 0.2) is 5.65 Å². The molecule has 0 spiro atoms. The van der Waals surface area contributed by atoms with Gasteiger partial charge in [-0.05, 0) is 32.4 Å². The quantitative estimate of drug-likeness (QED) is 0.768. The lowest BCUT2D eigenvalue weighted by molar-refractivity contribution is 0.0786. The number of fused-ring (bicyclic) bond motifs is 1. The Balaban J connectivity index is 1.60. The minimum Gasteiger partial charge on any atom is -0.338 e. The molecule has 134 valence electrons. The molecule has 1 aliphatic heterocycles. The third kappa shape index (κ3) is 2.60. The smallest absolute Gasteiger partial charge is 0.275 e. The fourth-order valence-corrected chi connectivity index (χ4v) is 3.45. The number of aryl methyl sites for hydroxylation is 1. The largest absolute Gasteiger partial charge is 0.338 e. The van der Waals surface area contributed by atoms with E-state index in [-0.39, 0.29) is 22.9 Å². The Morgan fingerprint density at radius 3 is 2.85 bits per heavy atom. The van der Waals surface area contributed by atoms with Gasteiger partial charge in [-0.1, -0.05) is 12.1 Å². The van der Waals surface area contributed by atoms with Crippen molar-refractivity contribution in [2.45, 2.75) is 26.2 Å². The van der Waals surface area contributed by atoms with Crippen LogP contribution >= 0.6 is 0 Å². The van der Waals surface area contributed by atoms with Crippen molar-refractivity contribution in [2.24, 2.45) is 0 Å². The van der Waals surface area contributed by atoms with Gasteiger partial charge in [-0.3, -0.25) is 14.7 Å². The summed E-state index contributed by atoms with van der Waals surface area (Å²) in [7, 11) is 0. The number of H-pyrrole nitrogens is 1. The molecule has 3 heterocycles. The molecule has 26 heavy (non-hydrogen) atoms. The van der Waals surface area contributed by atoms with E-state index in [4.69, 9.17) is 0 Å². The predicted octanol–water partition coefficient (Wildman–Crippen LogP) is 2.41. The molecule has 0 bridgehead atoms. The van der Waals surface area contributed by atoms with Gasteiger partial charge in [0.1, 0.15) is 5.82 Å². The molecule has 1 N–H and O–H groups in total. The summed E-state index contributed by atoms with van der Waals surface area (Å²) in [6, 6.07) is 7.88. The minimum absolute atomic E-state index is 0.0624. The molecule has 0 saturated carbocycles. The number of rotatable bonds is 2. The fraction of sp³-hybridized carbons (Fsp3) is 0.316. The van der Waals surface area contributed by atoms with E-state index in [1.807, 2.05) is 13.0 Å². The van der Waals surface area contributed by atoms with Crippen LogP contribution in [0.3, 0.4) is 0 Å². The van der Waals surface area contributed by atoms with Crippen LogP contribution in [0.5, 0.6) is 0 Å². The van der Waals surface area contributed by atoms with E-state index in [1.54, 1.807) is 24.0 Å². The van der Waals surface area contributed by atoms with Gasteiger partial charge in [0.25, 0.3) is 11.5 Å². The van der Waals surface area contributed by atoms with Crippen molar-refractivity contribution in [2.75, 3.05) is 13.1 Å². The van der Waals surface area contributed by atoms with Gasteiger partial charge in [0.05, 0.1) is 5.56 Å². The number of carbonyl (C=O) groups is 1. The summed E-state index contributed by atoms with van der Waals surface area (Å²) in [5.41, 5.74) is 2.74. The molecule has 3 aromatic rings. The number of benzene rings is 1. The highest BCUT2D eigenvalue weighted by Gasteiger charge is 2.30. The summed E-state index contributed by atoms with van der Waals surface area (Å²) in [5, 5.41) is 3.11. The first-order chi connectivity index (χ1) is 12.5. The summed E-state index contributed by atoms with van der Waals surface area (Å²) in [6.45, 7) is 4.59. The van der Waals surface area contributed by atoms with Gasteiger partial charge in [-0.15, -0.1) is 0 Å². The second kappa shape index (κ2) is 6.09. The van der Waals surface area contributed by atoms with Crippen LogP contribution in [0.4, 0.5) is 4.39 Å². The Bertz CT molecular complexity index is 1070. The molecule has 0 radical (unpaired) electrons. The summed E-state index contributed by atoms with van der Waals surface area (Å²) < 4.78 is 15.3. The number of aromatic nitrogens is 3. The maximum absolute atomic E-state index is 13.9. The fourth-order valence-electron chi connectivity index (χ4n) is 3.45. The van der Waals surface area contributed by atoms with Gasteiger partial charge >= 0.3 is 0 Å². The van der Waals surface area contributed by atoms with Crippen LogP contribution in [-0.4, -0.2) is 38.5 Å². The zero-order chi connectivity index (χ0) is 18.4. The number of hydrogen-bond donors (Lipinski definition) is 1. The first-order valence-electron chi connectivity index (χ1n) is 8.58. The second-order valence-corrected chi connectivity index (χ2v) is 6.75. The molecule has 0 unspecified atom stereocenters. The highest BCUT2D eigenvalue weighted by atomic mass is 19.1. The Morgan fingerprint density at radius 2 is 2.08 bits per heavy atom. The van der Waals surface area contributed by atoms with E-state index < -0.39 is 5.82 Å². The van der Waals surface area contributed by atoms with E-state index in [2.05, 4.69) is 10.1 Å². The lowest BCUT2D eigenvalue weighted by Crippen LogP contribution is -2.29. The number of amides is 1. The molecule has 1 aliphatic rings. The highest BCUT2D eigenvalue weighted by Crippen LogP contribution is 2.28. The number of carbonyl (C=O) groups excluding carboxylic acids is 1. The SMILES string of the molecule is Cc1nc2cc([C@H]3CCN(C(=O)c4ccccc4F)C3)[nH]n2c(=O)c1C. The van der Waals surface area contributed by atoms with Crippen LogP contribution in [0.1, 0.15) is 39.6 Å². The second-order valence-electron chi connectivity index (χ2n) is 6.75. The normalized spacial score (nSPS) is 17.2. The van der Waals surface area contributed by atoms with Crippen LogP contribution in [0, 0.1) is 19.7 Å². The van der Waals surface area contributed by atoms with E-state index in [1.165, 1.54) is 16.6 Å². The van der Waals surface area contributed by atoms with Crippen molar-refractivity contribution in [3.63, 3.8) is 0 Å². The zero-order valence-electron chi connectivity index (χ0n) is 14.6. The van der Waals surface area contributed by atoms with Gasteiger partial charge < -0.3 is 4.90 Å². The van der Waals surface area contributed by atoms with E-state index in [0.717, 1.165) is 12.1 Å². The first-order valence-corrected chi connectivity index (χ1v) is 8.58. The van der Waals surface area contributed by atoms with Crippen LogP contribution in [0.15, 0.2) is 35.1 Å². The van der Waals surface area contributed by atoms with Crippen molar-refractivity contribution < 1.29 is 9.18 Å². The molecule has 6 nitrogen and oxygen atoms in total. The molecule has 1 fully saturated rings. The molecule has 2 aromatic heterocycles. The number of aromatic amines is 1. The van der Waals surface area contributed by atoms with Gasteiger partial charge in [0.2, 0.25) is 0 Å². The molecule has 4 rings (SSSR count). The van der Waals surface area contributed by atoms with Gasteiger partial charge in [-0.25, -0.2) is 13.9 Å². The molecule has 7 heteroatoms. The van der Waals surface area contributed by atoms with E-state index in [9.17, 15) is 14.0 Å². The average Bonchev–Trinajstić information content (AvgIpc) is 3.26. The number of likely N-dealkylation sites (tertiary alicyclic amines) is 1. The van der Waals surface area contributed by atoms with Gasteiger partial charge in [-0.2, -0.15) is 0 Å². The summed E-state index contributed by atoms with van der Waals surface area (Å²) in [5.74, 6) is -0.746. The van der Waals surface area contributed by atoms with Crippen molar-refractivity contribution in [1.29, 1.82) is 0 Å². The Labute approximate surface area is 149 Å². The molecule has 1 atom stereocenters. The van der Waals surface area contributed by atoms with E-state index in [0.29, 0.717) is 30.0 Å². The van der Waals surface area contributed by atoms with Crippen LogP contribution in [-0.2, 0) is 0 Å². The summed E-state index contributed by atoms with van der Waals surface area (Å²) >= 11 is 0. The molecule has 0 aliphatic carbocycles. The summed E-state index contributed by atoms with van der Waals surface area (Å²) in [4.78, 5) is 31.0. The average molecular weight is 354 g/mol. The van der Waals surface area contributed by atoms with Gasteiger partial charge in [0, 0.05) is 42.0 Å². The molecule has 1 amide bonds.